The van der Waals surface area contributed by atoms with Gasteiger partial charge in [0.2, 0.25) is 5.91 Å². The summed E-state index contributed by atoms with van der Waals surface area (Å²) in [6.45, 7) is -0.215. The number of nitrogens with one attached hydrogen (secondary N) is 1. The van der Waals surface area contributed by atoms with Gasteiger partial charge in [-0.2, -0.15) is 0 Å². The number of nitrogens with zero attached hydrogens (tertiary/aromatic N) is 2. The minimum Gasteiger partial charge on any atom is -0.484 e. The third-order valence-electron chi connectivity index (χ3n) is 5.15. The van der Waals surface area contributed by atoms with E-state index in [9.17, 15) is 14.4 Å². The van der Waals surface area contributed by atoms with E-state index in [0.717, 1.165) is 5.69 Å². The van der Waals surface area contributed by atoms with Gasteiger partial charge in [-0.05, 0) is 42.5 Å². The van der Waals surface area contributed by atoms with E-state index in [4.69, 9.17) is 21.1 Å². The predicted octanol–water partition coefficient (Wildman–Crippen LogP) is 3.08. The SMILES string of the molecule is O=C(CN1C(=O)COc2ccc(C(=O)COc3ccccc3Cl)cc21)NCCc1ccccn1. The molecule has 0 saturated carbocycles. The molecular formula is C25H22ClN3O5. The molecule has 1 N–H and O–H groups in total. The van der Waals surface area contributed by atoms with Crippen molar-refractivity contribution in [1.29, 1.82) is 0 Å². The third-order valence-corrected chi connectivity index (χ3v) is 5.46. The maximum absolute atomic E-state index is 12.7. The molecule has 0 spiro atoms. The van der Waals surface area contributed by atoms with Crippen LogP contribution in [0, 0.1) is 0 Å². The van der Waals surface area contributed by atoms with E-state index >= 15 is 0 Å². The smallest absolute Gasteiger partial charge is 0.265 e. The van der Waals surface area contributed by atoms with Gasteiger partial charge in [-0.15, -0.1) is 0 Å². The van der Waals surface area contributed by atoms with Crippen LogP contribution >= 0.6 is 11.6 Å². The van der Waals surface area contributed by atoms with Crippen LogP contribution in [0.1, 0.15) is 16.1 Å². The largest absolute Gasteiger partial charge is 0.484 e. The van der Waals surface area contributed by atoms with Gasteiger partial charge in [-0.3, -0.25) is 24.3 Å². The van der Waals surface area contributed by atoms with E-state index < -0.39 is 0 Å². The van der Waals surface area contributed by atoms with E-state index in [0.29, 0.717) is 40.7 Å². The summed E-state index contributed by atoms with van der Waals surface area (Å²) < 4.78 is 11.0. The first-order valence-corrected chi connectivity index (χ1v) is 11.0. The van der Waals surface area contributed by atoms with Crippen LogP contribution in [0.4, 0.5) is 5.69 Å². The maximum Gasteiger partial charge on any atom is 0.265 e. The molecular weight excluding hydrogens is 458 g/mol. The summed E-state index contributed by atoms with van der Waals surface area (Å²) in [5, 5.41) is 3.20. The summed E-state index contributed by atoms with van der Waals surface area (Å²) in [7, 11) is 0. The van der Waals surface area contributed by atoms with Crippen LogP contribution in [0.3, 0.4) is 0 Å². The number of ether oxygens (including phenoxy) is 2. The summed E-state index contributed by atoms with van der Waals surface area (Å²) >= 11 is 6.06. The average molecular weight is 480 g/mol. The molecule has 0 atom stereocenters. The van der Waals surface area contributed by atoms with Gasteiger partial charge in [0.05, 0.1) is 10.7 Å². The van der Waals surface area contributed by atoms with Crippen molar-refractivity contribution < 1.29 is 23.9 Å². The second kappa shape index (κ2) is 10.8. The monoisotopic (exact) mass is 479 g/mol. The number of Topliss-reactive ketones (excluding diaryl/α,β-unsaturated/α-hetero) is 1. The molecule has 2 amide bonds. The van der Waals surface area contributed by atoms with Gasteiger partial charge in [-0.25, -0.2) is 0 Å². The number of pyridine rings is 1. The summed E-state index contributed by atoms with van der Waals surface area (Å²) in [6, 6.07) is 17.2. The highest BCUT2D eigenvalue weighted by molar-refractivity contribution is 6.32. The minimum atomic E-state index is -0.371. The zero-order valence-electron chi connectivity index (χ0n) is 18.2. The first-order chi connectivity index (χ1) is 16.5. The molecule has 9 heteroatoms. The second-order valence-electron chi connectivity index (χ2n) is 7.51. The summed E-state index contributed by atoms with van der Waals surface area (Å²) in [4.78, 5) is 43.2. The van der Waals surface area contributed by atoms with Crippen molar-refractivity contribution >= 4 is 34.9 Å². The molecule has 174 valence electrons. The Morgan fingerprint density at radius 3 is 2.74 bits per heavy atom. The molecule has 1 aliphatic rings. The Morgan fingerprint density at radius 2 is 1.94 bits per heavy atom. The number of rotatable bonds is 9. The zero-order chi connectivity index (χ0) is 23.9. The molecule has 0 fully saturated rings. The Bertz CT molecular complexity index is 1200. The highest BCUT2D eigenvalue weighted by atomic mass is 35.5. The quantitative estimate of drug-likeness (QED) is 0.474. The van der Waals surface area contributed by atoms with Gasteiger partial charge in [0.25, 0.3) is 5.91 Å². The molecule has 0 bridgehead atoms. The molecule has 0 unspecified atom stereocenters. The molecule has 3 aromatic rings. The molecule has 0 saturated heterocycles. The Kier molecular flexibility index (Phi) is 7.39. The van der Waals surface area contributed by atoms with Crippen LogP contribution in [0.5, 0.6) is 11.5 Å². The molecule has 2 heterocycles. The predicted molar refractivity (Wildman–Crippen MR) is 127 cm³/mol. The molecule has 4 rings (SSSR count). The molecule has 2 aromatic carbocycles. The van der Waals surface area contributed by atoms with Gasteiger partial charge in [0, 0.05) is 30.4 Å². The van der Waals surface area contributed by atoms with Gasteiger partial charge < -0.3 is 14.8 Å². The number of amides is 2. The topological polar surface area (TPSA) is 97.8 Å². The summed E-state index contributed by atoms with van der Waals surface area (Å²) in [5.74, 6) is -0.178. The number of hydrogen-bond acceptors (Lipinski definition) is 6. The van der Waals surface area contributed by atoms with Crippen molar-refractivity contribution in [3.8, 4) is 11.5 Å². The maximum atomic E-state index is 12.7. The number of halogens is 1. The van der Waals surface area contributed by atoms with E-state index in [1.807, 2.05) is 18.2 Å². The minimum absolute atomic E-state index is 0.183. The van der Waals surface area contributed by atoms with Gasteiger partial charge >= 0.3 is 0 Å². The fourth-order valence-corrected chi connectivity index (χ4v) is 3.60. The fourth-order valence-electron chi connectivity index (χ4n) is 3.41. The molecule has 34 heavy (non-hydrogen) atoms. The number of fused-ring (bicyclic) bond motifs is 1. The van der Waals surface area contributed by atoms with Crippen molar-refractivity contribution in [1.82, 2.24) is 10.3 Å². The number of hydrogen-bond donors (Lipinski definition) is 1. The lowest BCUT2D eigenvalue weighted by Crippen LogP contribution is -2.45. The molecule has 0 radical (unpaired) electrons. The van der Waals surface area contributed by atoms with Crippen molar-refractivity contribution in [3.05, 3.63) is 83.1 Å². The van der Waals surface area contributed by atoms with E-state index in [1.165, 1.54) is 11.0 Å². The number of ketones is 1. The third kappa shape index (κ3) is 5.71. The van der Waals surface area contributed by atoms with Crippen LogP contribution in [0.15, 0.2) is 66.9 Å². The average Bonchev–Trinajstić information content (AvgIpc) is 2.85. The van der Waals surface area contributed by atoms with Gasteiger partial charge in [0.1, 0.15) is 18.0 Å². The number of carbonyl (C=O) groups excluding carboxylic acids is 3. The Balaban J connectivity index is 1.40. The van der Waals surface area contributed by atoms with Crippen molar-refractivity contribution in [2.24, 2.45) is 0 Å². The summed E-state index contributed by atoms with van der Waals surface area (Å²) in [5.41, 5.74) is 1.54. The van der Waals surface area contributed by atoms with Crippen LogP contribution in [-0.2, 0) is 16.0 Å². The lowest BCUT2D eigenvalue weighted by molar-refractivity contribution is -0.125. The fraction of sp³-hybridized carbons (Fsp3) is 0.200. The van der Waals surface area contributed by atoms with Crippen molar-refractivity contribution in [2.75, 3.05) is 31.2 Å². The lowest BCUT2D eigenvalue weighted by Gasteiger charge is -2.29. The van der Waals surface area contributed by atoms with Crippen molar-refractivity contribution in [2.45, 2.75) is 6.42 Å². The number of aromatic nitrogens is 1. The van der Waals surface area contributed by atoms with E-state index in [2.05, 4.69) is 10.3 Å². The van der Waals surface area contributed by atoms with Crippen LogP contribution < -0.4 is 19.7 Å². The molecule has 0 aliphatic carbocycles. The van der Waals surface area contributed by atoms with E-state index in [-0.39, 0.29) is 37.4 Å². The van der Waals surface area contributed by atoms with Crippen LogP contribution in [0.2, 0.25) is 5.02 Å². The number of anilines is 1. The Hall–Kier alpha value is -3.91. The highest BCUT2D eigenvalue weighted by Gasteiger charge is 2.28. The first kappa shape index (κ1) is 23.3. The van der Waals surface area contributed by atoms with E-state index in [1.54, 1.807) is 42.6 Å². The Labute approximate surface area is 201 Å². The van der Waals surface area contributed by atoms with Gasteiger partial charge in [0.15, 0.2) is 19.0 Å². The second-order valence-corrected chi connectivity index (χ2v) is 7.92. The van der Waals surface area contributed by atoms with Crippen molar-refractivity contribution in [3.63, 3.8) is 0 Å². The lowest BCUT2D eigenvalue weighted by atomic mass is 10.1. The summed E-state index contributed by atoms with van der Waals surface area (Å²) in [6.07, 6.45) is 2.27. The standard InChI is InChI=1S/C25H22ClN3O5/c26-19-6-1-2-7-22(19)33-15-21(30)17-8-9-23-20(13-17)29(25(32)16-34-23)14-24(31)28-12-10-18-5-3-4-11-27-18/h1-9,11,13H,10,12,14-16H2,(H,28,31). The number of carbonyl (C=O) groups is 3. The first-order valence-electron chi connectivity index (χ1n) is 10.7. The number of para-hydroxylation sites is 1. The molecule has 8 nitrogen and oxygen atoms in total. The van der Waals surface area contributed by atoms with Crippen LogP contribution in [0.25, 0.3) is 0 Å². The van der Waals surface area contributed by atoms with Gasteiger partial charge in [-0.1, -0.05) is 29.8 Å². The number of benzene rings is 2. The molecule has 1 aromatic heterocycles. The normalized spacial score (nSPS) is 12.5. The Morgan fingerprint density at radius 1 is 1.12 bits per heavy atom. The molecule has 1 aliphatic heterocycles. The van der Waals surface area contributed by atoms with Crippen LogP contribution in [-0.4, -0.2) is 48.9 Å². The zero-order valence-corrected chi connectivity index (χ0v) is 19.0. The highest BCUT2D eigenvalue weighted by Crippen LogP contribution is 2.33.